The van der Waals surface area contributed by atoms with Gasteiger partial charge in [0.15, 0.2) is 5.13 Å². The van der Waals surface area contributed by atoms with E-state index >= 15 is 0 Å². The third-order valence-corrected chi connectivity index (χ3v) is 4.49. The van der Waals surface area contributed by atoms with Gasteiger partial charge >= 0.3 is 0 Å². The highest BCUT2D eigenvalue weighted by atomic mass is 32.1. The predicted octanol–water partition coefficient (Wildman–Crippen LogP) is 3.30. The minimum atomic E-state index is 0.661. The van der Waals surface area contributed by atoms with Gasteiger partial charge in [-0.2, -0.15) is 0 Å². The van der Waals surface area contributed by atoms with Crippen LogP contribution in [0.2, 0.25) is 0 Å². The SMILES string of the molecule is Nc1ncc(CCN2C=CC(C3=CCC=CC3)=CC2)s1. The summed E-state index contributed by atoms with van der Waals surface area (Å²) in [5.41, 5.74) is 8.49. The van der Waals surface area contributed by atoms with Crippen LogP contribution in [0, 0.1) is 0 Å². The van der Waals surface area contributed by atoms with E-state index in [4.69, 9.17) is 5.73 Å². The number of hydrogen-bond donors (Lipinski definition) is 1. The zero-order chi connectivity index (χ0) is 13.8. The third-order valence-electron chi connectivity index (χ3n) is 3.60. The summed E-state index contributed by atoms with van der Waals surface area (Å²) in [6.07, 6.45) is 18.6. The third kappa shape index (κ3) is 3.20. The highest BCUT2D eigenvalue weighted by molar-refractivity contribution is 7.15. The van der Waals surface area contributed by atoms with Crippen molar-refractivity contribution in [2.75, 3.05) is 18.8 Å². The molecule has 0 fully saturated rings. The van der Waals surface area contributed by atoms with Crippen molar-refractivity contribution in [3.8, 4) is 0 Å². The number of allylic oxidation sites excluding steroid dienone is 6. The zero-order valence-corrected chi connectivity index (χ0v) is 12.3. The summed E-state index contributed by atoms with van der Waals surface area (Å²) in [5.74, 6) is 0. The molecular weight excluding hydrogens is 266 g/mol. The molecule has 0 saturated heterocycles. The highest BCUT2D eigenvalue weighted by Gasteiger charge is 2.09. The summed E-state index contributed by atoms with van der Waals surface area (Å²) in [6.45, 7) is 2.00. The summed E-state index contributed by atoms with van der Waals surface area (Å²) in [4.78, 5) is 7.67. The Morgan fingerprint density at radius 1 is 1.30 bits per heavy atom. The number of anilines is 1. The summed E-state index contributed by atoms with van der Waals surface area (Å²) in [5, 5.41) is 0.661. The second-order valence-electron chi connectivity index (χ2n) is 5.03. The van der Waals surface area contributed by atoms with E-state index < -0.39 is 0 Å². The van der Waals surface area contributed by atoms with Crippen LogP contribution in [-0.4, -0.2) is 23.0 Å². The Morgan fingerprint density at radius 3 is 2.90 bits per heavy atom. The molecule has 1 aromatic heterocycles. The maximum absolute atomic E-state index is 5.65. The normalized spacial score (nSPS) is 18.1. The minimum Gasteiger partial charge on any atom is -0.375 e. The average Bonchev–Trinajstić information content (AvgIpc) is 2.92. The van der Waals surface area contributed by atoms with Crippen LogP contribution >= 0.6 is 11.3 Å². The van der Waals surface area contributed by atoms with E-state index in [1.807, 2.05) is 6.20 Å². The van der Waals surface area contributed by atoms with Gasteiger partial charge in [0.05, 0.1) is 0 Å². The van der Waals surface area contributed by atoms with Gasteiger partial charge in [-0.15, -0.1) is 11.3 Å². The molecule has 0 bridgehead atoms. The van der Waals surface area contributed by atoms with Crippen molar-refractivity contribution < 1.29 is 0 Å². The van der Waals surface area contributed by atoms with E-state index in [9.17, 15) is 0 Å². The number of aromatic nitrogens is 1. The molecule has 3 nitrogen and oxygen atoms in total. The van der Waals surface area contributed by atoms with Crippen molar-refractivity contribution in [2.45, 2.75) is 19.3 Å². The number of thiazole rings is 1. The van der Waals surface area contributed by atoms with Gasteiger partial charge in [0.2, 0.25) is 0 Å². The molecule has 1 aromatic rings. The second kappa shape index (κ2) is 6.09. The molecule has 20 heavy (non-hydrogen) atoms. The lowest BCUT2D eigenvalue weighted by Crippen LogP contribution is -2.22. The van der Waals surface area contributed by atoms with E-state index in [2.05, 4.69) is 46.5 Å². The van der Waals surface area contributed by atoms with E-state index in [1.165, 1.54) is 16.0 Å². The quantitative estimate of drug-likeness (QED) is 0.863. The van der Waals surface area contributed by atoms with Gasteiger partial charge in [0, 0.05) is 30.6 Å². The molecule has 0 spiro atoms. The first-order valence-electron chi connectivity index (χ1n) is 6.98. The fourth-order valence-electron chi connectivity index (χ4n) is 2.46. The van der Waals surface area contributed by atoms with Crippen molar-refractivity contribution in [1.82, 2.24) is 9.88 Å². The largest absolute Gasteiger partial charge is 0.375 e. The van der Waals surface area contributed by atoms with Crippen molar-refractivity contribution in [2.24, 2.45) is 0 Å². The molecule has 0 saturated carbocycles. The van der Waals surface area contributed by atoms with Crippen molar-refractivity contribution >= 4 is 16.5 Å². The standard InChI is InChI=1S/C16H19N3S/c17-16-18-12-15(20-16)8-11-19-9-6-14(7-10-19)13-4-2-1-3-5-13/h1-2,5-7,9,12H,3-4,8,10-11H2,(H2,17,18). The van der Waals surface area contributed by atoms with Gasteiger partial charge in [-0.1, -0.05) is 24.3 Å². The Labute approximate surface area is 123 Å². The lowest BCUT2D eigenvalue weighted by atomic mass is 9.96. The minimum absolute atomic E-state index is 0.661. The molecular formula is C16H19N3S. The number of hydrogen-bond acceptors (Lipinski definition) is 4. The molecule has 0 radical (unpaired) electrons. The molecule has 2 aliphatic rings. The summed E-state index contributed by atoms with van der Waals surface area (Å²) in [7, 11) is 0. The Balaban J connectivity index is 1.52. The smallest absolute Gasteiger partial charge is 0.180 e. The van der Waals surface area contributed by atoms with Crippen LogP contribution in [0.25, 0.3) is 0 Å². The first-order valence-corrected chi connectivity index (χ1v) is 7.80. The van der Waals surface area contributed by atoms with E-state index in [0.29, 0.717) is 5.13 Å². The van der Waals surface area contributed by atoms with Gasteiger partial charge < -0.3 is 10.6 Å². The second-order valence-corrected chi connectivity index (χ2v) is 6.17. The van der Waals surface area contributed by atoms with Gasteiger partial charge in [0.25, 0.3) is 0 Å². The van der Waals surface area contributed by atoms with Crippen LogP contribution in [0.1, 0.15) is 17.7 Å². The van der Waals surface area contributed by atoms with Gasteiger partial charge in [-0.25, -0.2) is 4.98 Å². The topological polar surface area (TPSA) is 42.1 Å². The molecule has 0 aromatic carbocycles. The molecule has 4 heteroatoms. The lowest BCUT2D eigenvalue weighted by molar-refractivity contribution is 0.416. The molecule has 104 valence electrons. The average molecular weight is 285 g/mol. The van der Waals surface area contributed by atoms with Crippen LogP contribution in [0.3, 0.4) is 0 Å². The van der Waals surface area contributed by atoms with Crippen molar-refractivity contribution in [1.29, 1.82) is 0 Å². The van der Waals surface area contributed by atoms with Crippen LogP contribution < -0.4 is 5.73 Å². The number of nitrogens with two attached hydrogens (primary N) is 1. The molecule has 3 rings (SSSR count). The Morgan fingerprint density at radius 2 is 2.25 bits per heavy atom. The number of nitrogen functional groups attached to an aromatic ring is 1. The van der Waals surface area contributed by atoms with Gasteiger partial charge in [0.1, 0.15) is 0 Å². The monoisotopic (exact) mass is 285 g/mol. The van der Waals surface area contributed by atoms with E-state index in [1.54, 1.807) is 11.3 Å². The Bertz CT molecular complexity index is 593. The van der Waals surface area contributed by atoms with Crippen LogP contribution in [0.4, 0.5) is 5.13 Å². The van der Waals surface area contributed by atoms with E-state index in [-0.39, 0.29) is 0 Å². The number of nitrogens with zero attached hydrogens (tertiary/aromatic N) is 2. The summed E-state index contributed by atoms with van der Waals surface area (Å²) in [6, 6.07) is 0. The van der Waals surface area contributed by atoms with Crippen molar-refractivity contribution in [3.05, 3.63) is 58.8 Å². The van der Waals surface area contributed by atoms with Crippen molar-refractivity contribution in [3.63, 3.8) is 0 Å². The Hall–Kier alpha value is -1.81. The number of rotatable bonds is 4. The van der Waals surface area contributed by atoms with Gasteiger partial charge in [-0.3, -0.25) is 0 Å². The van der Waals surface area contributed by atoms with Crippen LogP contribution in [0.5, 0.6) is 0 Å². The molecule has 0 unspecified atom stereocenters. The van der Waals surface area contributed by atoms with Gasteiger partial charge in [-0.05, 0) is 36.3 Å². The zero-order valence-electron chi connectivity index (χ0n) is 11.5. The molecule has 1 aliphatic heterocycles. The predicted molar refractivity (Wildman–Crippen MR) is 85.5 cm³/mol. The lowest BCUT2D eigenvalue weighted by Gasteiger charge is -2.23. The maximum Gasteiger partial charge on any atom is 0.180 e. The first kappa shape index (κ1) is 13.2. The summed E-state index contributed by atoms with van der Waals surface area (Å²) < 4.78 is 0. The van der Waals surface area contributed by atoms with Crippen LogP contribution in [0.15, 0.2) is 53.9 Å². The fraction of sp³-hybridized carbons (Fsp3) is 0.312. The molecule has 1 aliphatic carbocycles. The Kier molecular flexibility index (Phi) is 4.02. The molecule has 0 atom stereocenters. The maximum atomic E-state index is 5.65. The fourth-order valence-corrected chi connectivity index (χ4v) is 3.13. The molecule has 0 amide bonds. The molecule has 2 heterocycles. The van der Waals surface area contributed by atoms with E-state index in [0.717, 1.165) is 32.4 Å². The first-order chi connectivity index (χ1) is 9.81. The summed E-state index contributed by atoms with van der Waals surface area (Å²) >= 11 is 1.58. The van der Waals surface area contributed by atoms with Crippen LogP contribution in [-0.2, 0) is 6.42 Å². The molecule has 2 N–H and O–H groups in total. The highest BCUT2D eigenvalue weighted by Crippen LogP contribution is 2.23.